The summed E-state index contributed by atoms with van der Waals surface area (Å²) in [6.45, 7) is 7.38. The first-order valence-electron chi connectivity index (χ1n) is 10.9. The molecule has 0 heterocycles. The summed E-state index contributed by atoms with van der Waals surface area (Å²) in [5.41, 5.74) is 1.78. The number of amides is 2. The van der Waals surface area contributed by atoms with Crippen molar-refractivity contribution in [2.45, 2.75) is 40.3 Å². The van der Waals surface area contributed by atoms with Crippen LogP contribution in [0.25, 0.3) is 0 Å². The van der Waals surface area contributed by atoms with Crippen LogP contribution in [-0.4, -0.2) is 50.5 Å². The molecule has 186 valence electrons. The molecule has 2 rings (SSSR count). The molecule has 10 heteroatoms. The SMILES string of the molecule is Cc1ccccc1N(CC(=O)N(Cc1ccc(Cl)c(Cl)c1)C(C)C(=O)NCC(C)C)S(C)(=O)=O. The summed E-state index contributed by atoms with van der Waals surface area (Å²) in [7, 11) is -3.77. The van der Waals surface area contributed by atoms with Gasteiger partial charge in [0.05, 0.1) is 22.0 Å². The summed E-state index contributed by atoms with van der Waals surface area (Å²) in [5.74, 6) is -0.618. The Labute approximate surface area is 212 Å². The molecule has 0 aliphatic rings. The van der Waals surface area contributed by atoms with Gasteiger partial charge in [0.25, 0.3) is 0 Å². The summed E-state index contributed by atoms with van der Waals surface area (Å²) < 4.78 is 26.3. The predicted molar refractivity (Wildman–Crippen MR) is 138 cm³/mol. The molecule has 0 fully saturated rings. The van der Waals surface area contributed by atoms with Gasteiger partial charge >= 0.3 is 0 Å². The number of nitrogens with zero attached hydrogens (tertiary/aromatic N) is 2. The lowest BCUT2D eigenvalue weighted by Crippen LogP contribution is -2.51. The number of carbonyl (C=O) groups is 2. The molecule has 0 radical (unpaired) electrons. The van der Waals surface area contributed by atoms with E-state index >= 15 is 0 Å². The molecule has 2 aromatic rings. The normalized spacial score (nSPS) is 12.4. The molecule has 34 heavy (non-hydrogen) atoms. The van der Waals surface area contributed by atoms with E-state index in [9.17, 15) is 18.0 Å². The standard InChI is InChI=1S/C24H31Cl2N3O4S/c1-16(2)13-27-24(31)18(4)28(14-19-10-11-20(25)21(26)12-19)23(30)15-29(34(5,32)33)22-9-7-6-8-17(22)3/h6-12,16,18H,13-15H2,1-5H3,(H,27,31). The van der Waals surface area contributed by atoms with E-state index in [4.69, 9.17) is 23.2 Å². The van der Waals surface area contributed by atoms with Crippen LogP contribution in [0.3, 0.4) is 0 Å². The maximum absolute atomic E-state index is 13.5. The Hall–Kier alpha value is -2.29. The van der Waals surface area contributed by atoms with E-state index in [1.54, 1.807) is 56.3 Å². The minimum atomic E-state index is -3.77. The molecule has 0 aliphatic carbocycles. The van der Waals surface area contributed by atoms with Gasteiger partial charge in [0, 0.05) is 13.1 Å². The Morgan fingerprint density at radius 3 is 2.24 bits per heavy atom. The second kappa shape index (κ2) is 11.9. The van der Waals surface area contributed by atoms with Crippen molar-refractivity contribution in [1.82, 2.24) is 10.2 Å². The first-order valence-corrected chi connectivity index (χ1v) is 13.5. The summed E-state index contributed by atoms with van der Waals surface area (Å²) >= 11 is 12.2. The number of aryl methyl sites for hydroxylation is 1. The maximum Gasteiger partial charge on any atom is 0.244 e. The van der Waals surface area contributed by atoms with Gasteiger partial charge in [-0.15, -0.1) is 0 Å². The summed E-state index contributed by atoms with van der Waals surface area (Å²) in [6.07, 6.45) is 1.05. The van der Waals surface area contributed by atoms with Crippen molar-refractivity contribution in [3.05, 3.63) is 63.6 Å². The topological polar surface area (TPSA) is 86.8 Å². The van der Waals surface area contributed by atoms with Gasteiger partial charge in [-0.05, 0) is 49.1 Å². The largest absolute Gasteiger partial charge is 0.354 e. The molecule has 0 spiro atoms. The molecule has 1 unspecified atom stereocenters. The average molecular weight is 529 g/mol. The van der Waals surface area contributed by atoms with E-state index < -0.39 is 28.5 Å². The van der Waals surface area contributed by atoms with E-state index in [0.29, 0.717) is 33.4 Å². The smallest absolute Gasteiger partial charge is 0.244 e. The van der Waals surface area contributed by atoms with Gasteiger partial charge in [-0.2, -0.15) is 0 Å². The van der Waals surface area contributed by atoms with E-state index in [2.05, 4.69) is 5.32 Å². The molecule has 1 atom stereocenters. The van der Waals surface area contributed by atoms with Crippen LogP contribution in [0.4, 0.5) is 5.69 Å². The van der Waals surface area contributed by atoms with Gasteiger partial charge in [0.1, 0.15) is 12.6 Å². The zero-order chi connectivity index (χ0) is 25.6. The minimum Gasteiger partial charge on any atom is -0.354 e. The Kier molecular flexibility index (Phi) is 9.79. The Morgan fingerprint density at radius 1 is 1.03 bits per heavy atom. The first kappa shape index (κ1) is 28.0. The average Bonchev–Trinajstić information content (AvgIpc) is 2.75. The molecule has 0 saturated heterocycles. The Morgan fingerprint density at radius 2 is 1.68 bits per heavy atom. The molecular weight excluding hydrogens is 497 g/mol. The van der Waals surface area contributed by atoms with E-state index in [-0.39, 0.29) is 18.4 Å². The summed E-state index contributed by atoms with van der Waals surface area (Å²) in [6, 6.07) is 11.0. The molecule has 2 aromatic carbocycles. The number of para-hydroxylation sites is 1. The van der Waals surface area contributed by atoms with E-state index in [0.717, 1.165) is 10.6 Å². The molecule has 1 N–H and O–H groups in total. The van der Waals surface area contributed by atoms with Crippen LogP contribution >= 0.6 is 23.2 Å². The van der Waals surface area contributed by atoms with Gasteiger partial charge in [0.15, 0.2) is 0 Å². The second-order valence-electron chi connectivity index (χ2n) is 8.64. The van der Waals surface area contributed by atoms with E-state index in [1.807, 2.05) is 13.8 Å². The zero-order valence-corrected chi connectivity index (χ0v) is 22.3. The van der Waals surface area contributed by atoms with Crippen molar-refractivity contribution in [2.24, 2.45) is 5.92 Å². The highest BCUT2D eigenvalue weighted by Crippen LogP contribution is 2.25. The fraction of sp³-hybridized carbons (Fsp3) is 0.417. The Balaban J connectivity index is 2.40. The summed E-state index contributed by atoms with van der Waals surface area (Å²) in [4.78, 5) is 27.7. The zero-order valence-electron chi connectivity index (χ0n) is 20.0. The molecule has 0 aromatic heterocycles. The third-order valence-corrected chi connectivity index (χ3v) is 7.12. The van der Waals surface area contributed by atoms with Gasteiger partial charge < -0.3 is 10.2 Å². The van der Waals surface area contributed by atoms with Crippen LogP contribution < -0.4 is 9.62 Å². The minimum absolute atomic E-state index is 0.0529. The number of rotatable bonds is 10. The number of nitrogens with one attached hydrogen (secondary N) is 1. The quantitative estimate of drug-likeness (QED) is 0.500. The van der Waals surface area contributed by atoms with Gasteiger partial charge in [-0.1, -0.05) is 61.3 Å². The molecular formula is C24H31Cl2N3O4S. The van der Waals surface area contributed by atoms with Crippen LogP contribution in [0.1, 0.15) is 31.9 Å². The van der Waals surface area contributed by atoms with Gasteiger partial charge in [-0.25, -0.2) is 8.42 Å². The third-order valence-electron chi connectivity index (χ3n) is 5.25. The van der Waals surface area contributed by atoms with Crippen LogP contribution in [0.5, 0.6) is 0 Å². The summed E-state index contributed by atoms with van der Waals surface area (Å²) in [5, 5.41) is 3.53. The highest BCUT2D eigenvalue weighted by Gasteiger charge is 2.30. The molecule has 7 nitrogen and oxygen atoms in total. The number of benzene rings is 2. The first-order chi connectivity index (χ1) is 15.8. The fourth-order valence-corrected chi connectivity index (χ4v) is 4.54. The highest BCUT2D eigenvalue weighted by molar-refractivity contribution is 7.92. The van der Waals surface area contributed by atoms with Crippen LogP contribution in [0.2, 0.25) is 10.0 Å². The second-order valence-corrected chi connectivity index (χ2v) is 11.4. The predicted octanol–water partition coefficient (Wildman–Crippen LogP) is 4.26. The number of anilines is 1. The number of carbonyl (C=O) groups excluding carboxylic acids is 2. The lowest BCUT2D eigenvalue weighted by atomic mass is 10.1. The third kappa shape index (κ3) is 7.61. The lowest BCUT2D eigenvalue weighted by Gasteiger charge is -2.32. The number of halogens is 2. The van der Waals surface area contributed by atoms with Crippen molar-refractivity contribution in [3.63, 3.8) is 0 Å². The van der Waals surface area contributed by atoms with Crippen molar-refractivity contribution >= 4 is 50.7 Å². The lowest BCUT2D eigenvalue weighted by molar-refractivity contribution is -0.139. The van der Waals surface area contributed by atoms with Crippen LogP contribution in [0.15, 0.2) is 42.5 Å². The molecule has 0 aliphatic heterocycles. The van der Waals surface area contributed by atoms with Crippen LogP contribution in [-0.2, 0) is 26.2 Å². The van der Waals surface area contributed by atoms with Crippen molar-refractivity contribution in [2.75, 3.05) is 23.7 Å². The number of hydrogen-bond donors (Lipinski definition) is 1. The van der Waals surface area contributed by atoms with Crippen LogP contribution in [0, 0.1) is 12.8 Å². The molecule has 0 saturated carbocycles. The molecule has 2 amide bonds. The van der Waals surface area contributed by atoms with Crippen molar-refractivity contribution in [3.8, 4) is 0 Å². The van der Waals surface area contributed by atoms with Crippen molar-refractivity contribution in [1.29, 1.82) is 0 Å². The molecule has 0 bridgehead atoms. The highest BCUT2D eigenvalue weighted by atomic mass is 35.5. The number of hydrogen-bond acceptors (Lipinski definition) is 4. The monoisotopic (exact) mass is 527 g/mol. The van der Waals surface area contributed by atoms with Crippen molar-refractivity contribution < 1.29 is 18.0 Å². The van der Waals surface area contributed by atoms with Gasteiger partial charge in [-0.3, -0.25) is 13.9 Å². The van der Waals surface area contributed by atoms with Gasteiger partial charge in [0.2, 0.25) is 21.8 Å². The maximum atomic E-state index is 13.5. The van der Waals surface area contributed by atoms with E-state index in [1.165, 1.54) is 4.90 Å². The fourth-order valence-electron chi connectivity index (χ4n) is 3.31. The Bertz CT molecular complexity index is 1140. The number of sulfonamides is 1.